The van der Waals surface area contributed by atoms with Crippen molar-refractivity contribution in [3.05, 3.63) is 70.8 Å². The molecule has 0 radical (unpaired) electrons. The highest BCUT2D eigenvalue weighted by Gasteiger charge is 2.23. The summed E-state index contributed by atoms with van der Waals surface area (Å²) >= 11 is 0. The lowest BCUT2D eigenvalue weighted by Gasteiger charge is -2.06. The van der Waals surface area contributed by atoms with E-state index in [0.29, 0.717) is 0 Å². The first kappa shape index (κ1) is 16.1. The number of anilines is 2. The summed E-state index contributed by atoms with van der Waals surface area (Å²) in [6.07, 6.45) is 5.62. The summed E-state index contributed by atoms with van der Waals surface area (Å²) in [7, 11) is 3.79. The Morgan fingerprint density at radius 2 is 1.17 bits per heavy atom. The fourth-order valence-corrected chi connectivity index (χ4v) is 3.05. The first-order valence-corrected chi connectivity index (χ1v) is 8.22. The van der Waals surface area contributed by atoms with Crippen LogP contribution in [0.2, 0.25) is 0 Å². The molecule has 2 N–H and O–H groups in total. The first-order valence-electron chi connectivity index (χ1n) is 8.22. The van der Waals surface area contributed by atoms with Gasteiger partial charge in [0, 0.05) is 36.6 Å². The second-order valence-corrected chi connectivity index (χ2v) is 5.84. The van der Waals surface area contributed by atoms with E-state index in [1.54, 1.807) is 0 Å². The Kier molecular flexibility index (Phi) is 4.80. The van der Waals surface area contributed by atoms with Gasteiger partial charge in [-0.1, -0.05) is 36.4 Å². The molecular formula is C21H22N2O. The van der Waals surface area contributed by atoms with Crippen LogP contribution in [0.25, 0.3) is 12.2 Å². The second kappa shape index (κ2) is 7.18. The van der Waals surface area contributed by atoms with Crippen molar-refractivity contribution in [1.29, 1.82) is 0 Å². The minimum absolute atomic E-state index is 0.159. The van der Waals surface area contributed by atoms with Crippen molar-refractivity contribution < 1.29 is 4.79 Å². The van der Waals surface area contributed by atoms with E-state index in [9.17, 15) is 4.79 Å². The van der Waals surface area contributed by atoms with E-state index in [1.807, 2.05) is 74.8 Å². The van der Waals surface area contributed by atoms with Crippen molar-refractivity contribution in [3.8, 4) is 0 Å². The van der Waals surface area contributed by atoms with Gasteiger partial charge in [-0.3, -0.25) is 4.79 Å². The molecular weight excluding hydrogens is 296 g/mol. The van der Waals surface area contributed by atoms with Crippen molar-refractivity contribution in [1.82, 2.24) is 0 Å². The highest BCUT2D eigenvalue weighted by molar-refractivity contribution is 6.16. The van der Waals surface area contributed by atoms with Crippen LogP contribution in [0.15, 0.2) is 59.7 Å². The molecule has 1 aliphatic carbocycles. The van der Waals surface area contributed by atoms with Gasteiger partial charge in [0.25, 0.3) is 0 Å². The number of carbonyl (C=O) groups excluding carboxylic acids is 1. The van der Waals surface area contributed by atoms with Gasteiger partial charge in [-0.05, 0) is 48.3 Å². The Balaban J connectivity index is 1.90. The maximum absolute atomic E-state index is 12.7. The first-order chi connectivity index (χ1) is 11.7. The largest absolute Gasteiger partial charge is 0.388 e. The number of allylic oxidation sites excluding steroid dienone is 2. The predicted molar refractivity (Wildman–Crippen MR) is 102 cm³/mol. The van der Waals surface area contributed by atoms with Gasteiger partial charge in [-0.15, -0.1) is 0 Å². The lowest BCUT2D eigenvalue weighted by atomic mass is 10.0. The lowest BCUT2D eigenvalue weighted by Crippen LogP contribution is -1.98. The number of para-hydroxylation sites is 2. The van der Waals surface area contributed by atoms with Gasteiger partial charge >= 0.3 is 0 Å². The summed E-state index contributed by atoms with van der Waals surface area (Å²) < 4.78 is 0. The topological polar surface area (TPSA) is 41.1 Å². The van der Waals surface area contributed by atoms with Gasteiger partial charge < -0.3 is 10.6 Å². The van der Waals surface area contributed by atoms with E-state index in [1.165, 1.54) is 0 Å². The van der Waals surface area contributed by atoms with Crippen molar-refractivity contribution >= 4 is 29.3 Å². The number of hydrogen-bond donors (Lipinski definition) is 2. The molecule has 0 bridgehead atoms. The van der Waals surface area contributed by atoms with Gasteiger partial charge in [-0.25, -0.2) is 0 Å². The monoisotopic (exact) mass is 318 g/mol. The van der Waals surface area contributed by atoms with E-state index >= 15 is 0 Å². The predicted octanol–water partition coefficient (Wildman–Crippen LogP) is 4.60. The molecule has 3 nitrogen and oxygen atoms in total. The van der Waals surface area contributed by atoms with E-state index in [-0.39, 0.29) is 5.78 Å². The van der Waals surface area contributed by atoms with Gasteiger partial charge in [0.15, 0.2) is 5.78 Å². The minimum Gasteiger partial charge on any atom is -0.388 e. The molecule has 122 valence electrons. The molecule has 1 fully saturated rings. The summed E-state index contributed by atoms with van der Waals surface area (Å²) in [5.74, 6) is 0.159. The molecule has 0 aromatic heterocycles. The van der Waals surface area contributed by atoms with Crippen LogP contribution in [0.3, 0.4) is 0 Å². The minimum atomic E-state index is 0.159. The summed E-state index contributed by atoms with van der Waals surface area (Å²) in [5.41, 5.74) is 5.95. The zero-order valence-electron chi connectivity index (χ0n) is 14.1. The average Bonchev–Trinajstić information content (AvgIpc) is 2.96. The van der Waals surface area contributed by atoms with Crippen molar-refractivity contribution in [2.45, 2.75) is 12.8 Å². The smallest absolute Gasteiger partial charge is 0.185 e. The summed E-state index contributed by atoms with van der Waals surface area (Å²) in [4.78, 5) is 12.7. The summed E-state index contributed by atoms with van der Waals surface area (Å²) in [6.45, 7) is 0. The zero-order valence-corrected chi connectivity index (χ0v) is 14.1. The Bertz CT molecular complexity index is 751. The van der Waals surface area contributed by atoms with Crippen LogP contribution in [0, 0.1) is 0 Å². The normalized spacial score (nSPS) is 17.5. The summed E-state index contributed by atoms with van der Waals surface area (Å²) in [6, 6.07) is 16.1. The zero-order chi connectivity index (χ0) is 16.9. The van der Waals surface area contributed by atoms with Crippen LogP contribution in [-0.4, -0.2) is 19.9 Å². The molecule has 3 rings (SSSR count). The molecule has 0 spiro atoms. The average molecular weight is 318 g/mol. The molecule has 24 heavy (non-hydrogen) atoms. The van der Waals surface area contributed by atoms with Gasteiger partial charge in [0.05, 0.1) is 0 Å². The van der Waals surface area contributed by atoms with Crippen molar-refractivity contribution in [2.24, 2.45) is 0 Å². The molecule has 0 amide bonds. The fourth-order valence-electron chi connectivity index (χ4n) is 3.05. The van der Waals surface area contributed by atoms with E-state index in [4.69, 9.17) is 0 Å². The van der Waals surface area contributed by atoms with Crippen LogP contribution in [0.4, 0.5) is 11.4 Å². The van der Waals surface area contributed by atoms with Crippen LogP contribution in [-0.2, 0) is 4.79 Å². The molecule has 0 atom stereocenters. The van der Waals surface area contributed by atoms with Gasteiger partial charge in [0.2, 0.25) is 0 Å². The number of Topliss-reactive ketones (excluding diaryl/α,β-unsaturated/α-hetero) is 1. The third kappa shape index (κ3) is 3.25. The SMILES string of the molecule is CNc1ccccc1C=C1CCC(=Cc2ccccc2NC)C1=O. The Hall–Kier alpha value is -2.81. The fraction of sp³-hybridized carbons (Fsp3) is 0.190. The number of benzene rings is 2. The van der Waals surface area contributed by atoms with Crippen molar-refractivity contribution in [3.63, 3.8) is 0 Å². The van der Waals surface area contributed by atoms with Crippen molar-refractivity contribution in [2.75, 3.05) is 24.7 Å². The van der Waals surface area contributed by atoms with E-state index in [0.717, 1.165) is 46.5 Å². The number of carbonyl (C=O) groups is 1. The molecule has 2 aromatic rings. The maximum Gasteiger partial charge on any atom is 0.185 e. The van der Waals surface area contributed by atoms with Gasteiger partial charge in [0.1, 0.15) is 0 Å². The highest BCUT2D eigenvalue weighted by Crippen LogP contribution is 2.31. The van der Waals surface area contributed by atoms with E-state index in [2.05, 4.69) is 10.6 Å². The lowest BCUT2D eigenvalue weighted by molar-refractivity contribution is -0.111. The van der Waals surface area contributed by atoms with Crippen LogP contribution in [0.5, 0.6) is 0 Å². The number of hydrogen-bond acceptors (Lipinski definition) is 3. The van der Waals surface area contributed by atoms with Crippen LogP contribution < -0.4 is 10.6 Å². The Morgan fingerprint density at radius 1 is 0.750 bits per heavy atom. The quantitative estimate of drug-likeness (QED) is 0.810. The standard InChI is InChI=1S/C21H22N2O/c1-22-19-9-5-3-7-15(19)13-17-11-12-18(21(17)24)14-16-8-4-6-10-20(16)23-2/h3-10,13-14,22-23H,11-12H2,1-2H3. The maximum atomic E-state index is 12.7. The Morgan fingerprint density at radius 3 is 1.58 bits per heavy atom. The summed E-state index contributed by atoms with van der Waals surface area (Å²) in [5, 5.41) is 6.34. The number of rotatable bonds is 4. The highest BCUT2D eigenvalue weighted by atomic mass is 16.1. The molecule has 0 aliphatic heterocycles. The molecule has 0 heterocycles. The number of nitrogens with one attached hydrogen (secondary N) is 2. The Labute approximate surface area is 143 Å². The second-order valence-electron chi connectivity index (χ2n) is 5.84. The third-order valence-corrected chi connectivity index (χ3v) is 4.37. The van der Waals surface area contributed by atoms with Crippen LogP contribution >= 0.6 is 0 Å². The van der Waals surface area contributed by atoms with Gasteiger partial charge in [-0.2, -0.15) is 0 Å². The molecule has 0 unspecified atom stereocenters. The molecule has 1 aliphatic rings. The van der Waals surface area contributed by atoms with E-state index < -0.39 is 0 Å². The molecule has 3 heteroatoms. The molecule has 1 saturated carbocycles. The van der Waals surface area contributed by atoms with Crippen LogP contribution in [0.1, 0.15) is 24.0 Å². The molecule has 2 aromatic carbocycles. The molecule has 0 saturated heterocycles. The number of ketones is 1. The third-order valence-electron chi connectivity index (χ3n) is 4.37.